The Kier molecular flexibility index (Phi) is 4.80. The van der Waals surface area contributed by atoms with E-state index in [0.29, 0.717) is 6.61 Å². The Hall–Kier alpha value is -1.22. The highest BCUT2D eigenvalue weighted by atomic mass is 16.6. The van der Waals surface area contributed by atoms with Gasteiger partial charge in [0.05, 0.1) is 0 Å². The number of fused-ring (bicyclic) bond motifs is 1. The monoisotopic (exact) mass is 275 g/mol. The summed E-state index contributed by atoms with van der Waals surface area (Å²) in [4.78, 5) is 0. The molecule has 3 heteroatoms. The van der Waals surface area contributed by atoms with Crippen molar-refractivity contribution in [1.29, 1.82) is 0 Å². The molecule has 1 aromatic carbocycles. The van der Waals surface area contributed by atoms with Crippen LogP contribution in [0.5, 0.6) is 11.5 Å². The molecule has 3 nitrogen and oxygen atoms in total. The Morgan fingerprint density at radius 3 is 2.70 bits per heavy atom. The van der Waals surface area contributed by atoms with Gasteiger partial charge in [-0.3, -0.25) is 0 Å². The molecule has 1 N–H and O–H groups in total. The second kappa shape index (κ2) is 6.98. The number of benzene rings is 1. The van der Waals surface area contributed by atoms with Gasteiger partial charge in [0.25, 0.3) is 0 Å². The number of nitrogens with one attached hydrogen (secondary N) is 1. The first-order valence-corrected chi connectivity index (χ1v) is 8.01. The van der Waals surface area contributed by atoms with Crippen molar-refractivity contribution < 1.29 is 9.47 Å². The number of hydrogen-bond acceptors (Lipinski definition) is 3. The highest BCUT2D eigenvalue weighted by Gasteiger charge is 2.20. The van der Waals surface area contributed by atoms with Crippen molar-refractivity contribution in [2.45, 2.75) is 44.6 Å². The third-order valence-corrected chi connectivity index (χ3v) is 4.39. The van der Waals surface area contributed by atoms with Gasteiger partial charge in [-0.05, 0) is 31.0 Å². The van der Waals surface area contributed by atoms with Gasteiger partial charge in [0.1, 0.15) is 12.7 Å². The lowest BCUT2D eigenvalue weighted by Gasteiger charge is -2.27. The summed E-state index contributed by atoms with van der Waals surface area (Å²) < 4.78 is 11.7. The average molecular weight is 275 g/mol. The molecule has 110 valence electrons. The SMILES string of the molecule is c1ccc2c(c1)OCC(CNCCC1CCCCC1)O2. The molecule has 1 aromatic rings. The molecule has 20 heavy (non-hydrogen) atoms. The molecule has 1 aliphatic carbocycles. The van der Waals surface area contributed by atoms with E-state index >= 15 is 0 Å². The van der Waals surface area contributed by atoms with Crippen LogP contribution in [0.2, 0.25) is 0 Å². The van der Waals surface area contributed by atoms with Crippen LogP contribution in [-0.2, 0) is 0 Å². The van der Waals surface area contributed by atoms with Gasteiger partial charge in [0.2, 0.25) is 0 Å². The number of ether oxygens (including phenoxy) is 2. The van der Waals surface area contributed by atoms with Crippen LogP contribution in [0.15, 0.2) is 24.3 Å². The fraction of sp³-hybridized carbons (Fsp3) is 0.647. The van der Waals surface area contributed by atoms with Gasteiger partial charge in [-0.2, -0.15) is 0 Å². The average Bonchev–Trinajstić information content (AvgIpc) is 2.52. The normalized spacial score (nSPS) is 22.7. The summed E-state index contributed by atoms with van der Waals surface area (Å²) in [5.74, 6) is 2.68. The molecule has 1 heterocycles. The standard InChI is InChI=1S/C17H25NO2/c1-2-6-14(7-3-1)10-11-18-12-15-13-19-16-8-4-5-9-17(16)20-15/h4-5,8-9,14-15,18H,1-3,6-7,10-13H2. The van der Waals surface area contributed by atoms with E-state index in [9.17, 15) is 0 Å². The molecule has 0 radical (unpaired) electrons. The summed E-state index contributed by atoms with van der Waals surface area (Å²) >= 11 is 0. The van der Waals surface area contributed by atoms with Gasteiger partial charge in [-0.1, -0.05) is 44.2 Å². The maximum atomic E-state index is 5.94. The topological polar surface area (TPSA) is 30.5 Å². The first kappa shape index (κ1) is 13.7. The summed E-state index contributed by atoms with van der Waals surface area (Å²) in [7, 11) is 0. The summed E-state index contributed by atoms with van der Waals surface area (Å²) in [6.45, 7) is 2.63. The van der Waals surface area contributed by atoms with Crippen LogP contribution in [0.25, 0.3) is 0 Å². The molecule has 0 bridgehead atoms. The minimum atomic E-state index is 0.135. The molecular formula is C17H25NO2. The zero-order chi connectivity index (χ0) is 13.6. The fourth-order valence-corrected chi connectivity index (χ4v) is 3.21. The van der Waals surface area contributed by atoms with Crippen molar-refractivity contribution in [3.05, 3.63) is 24.3 Å². The Labute approximate surface area is 121 Å². The van der Waals surface area contributed by atoms with Crippen molar-refractivity contribution in [2.75, 3.05) is 19.7 Å². The smallest absolute Gasteiger partial charge is 0.161 e. The highest BCUT2D eigenvalue weighted by molar-refractivity contribution is 5.40. The van der Waals surface area contributed by atoms with Crippen molar-refractivity contribution in [2.24, 2.45) is 5.92 Å². The van der Waals surface area contributed by atoms with E-state index in [1.54, 1.807) is 0 Å². The van der Waals surface area contributed by atoms with E-state index in [1.807, 2.05) is 24.3 Å². The summed E-state index contributed by atoms with van der Waals surface area (Å²) in [5, 5.41) is 3.53. The second-order valence-corrected chi connectivity index (χ2v) is 5.99. The lowest BCUT2D eigenvalue weighted by molar-refractivity contribution is 0.0901. The number of rotatable bonds is 5. The molecule has 0 aromatic heterocycles. The van der Waals surface area contributed by atoms with Crippen molar-refractivity contribution >= 4 is 0 Å². The van der Waals surface area contributed by atoms with Crippen LogP contribution in [0.4, 0.5) is 0 Å². The third kappa shape index (κ3) is 3.66. The molecule has 0 saturated heterocycles. The van der Waals surface area contributed by atoms with Crippen molar-refractivity contribution in [1.82, 2.24) is 5.32 Å². The van der Waals surface area contributed by atoms with Crippen LogP contribution >= 0.6 is 0 Å². The first-order valence-electron chi connectivity index (χ1n) is 8.01. The van der Waals surface area contributed by atoms with E-state index < -0.39 is 0 Å². The number of hydrogen-bond donors (Lipinski definition) is 1. The van der Waals surface area contributed by atoms with Gasteiger partial charge in [-0.25, -0.2) is 0 Å². The lowest BCUT2D eigenvalue weighted by Crippen LogP contribution is -2.39. The van der Waals surface area contributed by atoms with E-state index in [2.05, 4.69) is 5.32 Å². The van der Waals surface area contributed by atoms with Crippen LogP contribution in [-0.4, -0.2) is 25.8 Å². The quantitative estimate of drug-likeness (QED) is 0.836. The summed E-state index contributed by atoms with van der Waals surface area (Å²) in [5.41, 5.74) is 0. The Bertz CT molecular complexity index is 415. The van der Waals surface area contributed by atoms with E-state index in [-0.39, 0.29) is 6.10 Å². The molecule has 0 spiro atoms. The predicted molar refractivity (Wildman–Crippen MR) is 80.4 cm³/mol. The molecule has 1 unspecified atom stereocenters. The number of para-hydroxylation sites is 2. The van der Waals surface area contributed by atoms with E-state index in [4.69, 9.17) is 9.47 Å². The maximum Gasteiger partial charge on any atom is 0.161 e. The molecule has 1 aliphatic heterocycles. The minimum Gasteiger partial charge on any atom is -0.486 e. The Morgan fingerprint density at radius 1 is 1.05 bits per heavy atom. The molecule has 1 fully saturated rings. The molecule has 1 saturated carbocycles. The summed E-state index contributed by atoms with van der Waals surface area (Å²) in [6.07, 6.45) is 8.61. The third-order valence-electron chi connectivity index (χ3n) is 4.39. The van der Waals surface area contributed by atoms with Crippen molar-refractivity contribution in [3.8, 4) is 11.5 Å². The van der Waals surface area contributed by atoms with Gasteiger partial charge < -0.3 is 14.8 Å². The van der Waals surface area contributed by atoms with Gasteiger partial charge in [0, 0.05) is 6.54 Å². The molecule has 0 amide bonds. The predicted octanol–water partition coefficient (Wildman–Crippen LogP) is 3.39. The lowest BCUT2D eigenvalue weighted by atomic mass is 9.87. The van der Waals surface area contributed by atoms with Gasteiger partial charge >= 0.3 is 0 Å². The van der Waals surface area contributed by atoms with Gasteiger partial charge in [-0.15, -0.1) is 0 Å². The molecule has 3 rings (SSSR count). The molecule has 2 aliphatic rings. The maximum absolute atomic E-state index is 5.94. The van der Waals surface area contributed by atoms with Crippen molar-refractivity contribution in [3.63, 3.8) is 0 Å². The zero-order valence-corrected chi connectivity index (χ0v) is 12.1. The van der Waals surface area contributed by atoms with E-state index in [1.165, 1.54) is 38.5 Å². The summed E-state index contributed by atoms with van der Waals surface area (Å²) in [6, 6.07) is 7.90. The zero-order valence-electron chi connectivity index (χ0n) is 12.1. The molecular weight excluding hydrogens is 250 g/mol. The fourth-order valence-electron chi connectivity index (χ4n) is 3.21. The van der Waals surface area contributed by atoms with Crippen LogP contribution in [0.3, 0.4) is 0 Å². The van der Waals surface area contributed by atoms with Crippen LogP contribution in [0.1, 0.15) is 38.5 Å². The second-order valence-electron chi connectivity index (χ2n) is 5.99. The highest BCUT2D eigenvalue weighted by Crippen LogP contribution is 2.30. The Morgan fingerprint density at radius 2 is 1.85 bits per heavy atom. The first-order chi connectivity index (χ1) is 9.92. The Balaban J connectivity index is 1.35. The minimum absolute atomic E-state index is 0.135. The van der Waals surface area contributed by atoms with Crippen LogP contribution in [0, 0.1) is 5.92 Å². The molecule has 1 atom stereocenters. The van der Waals surface area contributed by atoms with Crippen LogP contribution < -0.4 is 14.8 Å². The van der Waals surface area contributed by atoms with E-state index in [0.717, 1.165) is 30.5 Å². The largest absolute Gasteiger partial charge is 0.486 e. The van der Waals surface area contributed by atoms with Gasteiger partial charge in [0.15, 0.2) is 11.5 Å².